The molecule has 0 radical (unpaired) electrons. The number of nitrogens with one attached hydrogen (secondary N) is 1. The van der Waals surface area contributed by atoms with E-state index < -0.39 is 21.8 Å². The number of halogens is 1. The average molecular weight is 463 g/mol. The lowest BCUT2D eigenvalue weighted by atomic mass is 9.98. The highest BCUT2D eigenvalue weighted by atomic mass is 32.2. The molecule has 2 aromatic heterocycles. The number of benzene rings is 1. The minimum absolute atomic E-state index is 0.0262. The molecule has 13 heteroatoms. The Bertz CT molecular complexity index is 1250. The fourth-order valence-corrected chi connectivity index (χ4v) is 5.61. The molecule has 0 bridgehead atoms. The number of amides is 1. The summed E-state index contributed by atoms with van der Waals surface area (Å²) >= 11 is 0. The lowest BCUT2D eigenvalue weighted by Gasteiger charge is -2.31. The largest absolute Gasteiger partial charge is 0.360 e. The van der Waals surface area contributed by atoms with Gasteiger partial charge in [0.15, 0.2) is 11.6 Å². The molecule has 3 heterocycles. The fourth-order valence-electron chi connectivity index (χ4n) is 3.80. The second kappa shape index (κ2) is 8.39. The Morgan fingerprint density at radius 2 is 2.06 bits per heavy atom. The van der Waals surface area contributed by atoms with Gasteiger partial charge in [-0.2, -0.15) is 8.99 Å². The molecule has 1 fully saturated rings. The fraction of sp³-hybridized carbons (Fsp3) is 0.421. The summed E-state index contributed by atoms with van der Waals surface area (Å²) < 4.78 is 48.0. The number of aryl methyl sites for hydroxylation is 3. The van der Waals surface area contributed by atoms with Crippen LogP contribution in [-0.4, -0.2) is 57.1 Å². The molecule has 0 spiro atoms. The molecule has 32 heavy (non-hydrogen) atoms. The van der Waals surface area contributed by atoms with Gasteiger partial charge in [0, 0.05) is 18.8 Å². The van der Waals surface area contributed by atoms with E-state index in [1.165, 1.54) is 27.2 Å². The van der Waals surface area contributed by atoms with E-state index in [4.69, 9.17) is 4.52 Å². The van der Waals surface area contributed by atoms with Crippen molar-refractivity contribution in [1.29, 1.82) is 0 Å². The van der Waals surface area contributed by atoms with Crippen LogP contribution in [0.5, 0.6) is 0 Å². The second-order valence-electron chi connectivity index (χ2n) is 7.65. The first-order valence-electron chi connectivity index (χ1n) is 9.97. The third-order valence-corrected chi connectivity index (χ3v) is 7.50. The number of sulfonamides is 1. The number of hydrogen-bond donors (Lipinski definition) is 1. The van der Waals surface area contributed by atoms with Crippen LogP contribution < -0.4 is 5.32 Å². The van der Waals surface area contributed by atoms with Gasteiger partial charge in [-0.05, 0) is 62.2 Å². The van der Waals surface area contributed by atoms with Crippen LogP contribution in [0.1, 0.15) is 30.1 Å². The maximum Gasteiger partial charge on any atom is 0.248 e. The van der Waals surface area contributed by atoms with E-state index in [9.17, 15) is 17.6 Å². The molecule has 1 unspecified atom stereocenters. The maximum absolute atomic E-state index is 14.3. The Hall–Kier alpha value is -3.19. The minimum atomic E-state index is -3.84. The zero-order valence-corrected chi connectivity index (χ0v) is 18.6. The molecule has 1 aromatic carbocycles. The molecule has 4 rings (SSSR count). The van der Waals surface area contributed by atoms with Crippen LogP contribution in [0.4, 0.5) is 10.1 Å². The Morgan fingerprint density at radius 1 is 1.28 bits per heavy atom. The monoisotopic (exact) mass is 463 g/mol. The molecule has 3 aromatic rings. The summed E-state index contributed by atoms with van der Waals surface area (Å²) in [5.41, 5.74) is 0.731. The number of aromatic nitrogens is 5. The van der Waals surface area contributed by atoms with Gasteiger partial charge in [-0.25, -0.2) is 12.8 Å². The Labute approximate surface area is 183 Å². The zero-order chi connectivity index (χ0) is 23.0. The number of rotatable bonds is 5. The zero-order valence-electron chi connectivity index (χ0n) is 17.7. The number of piperidine rings is 1. The maximum atomic E-state index is 14.3. The highest BCUT2D eigenvalue weighted by Crippen LogP contribution is 2.28. The highest BCUT2D eigenvalue weighted by Gasteiger charge is 2.36. The quantitative estimate of drug-likeness (QED) is 0.604. The number of hydrogen-bond acceptors (Lipinski definition) is 8. The van der Waals surface area contributed by atoms with Crippen LogP contribution in [0.15, 0.2) is 27.6 Å². The molecule has 170 valence electrons. The molecular formula is C19H22FN7O4S. The van der Waals surface area contributed by atoms with Crippen LogP contribution in [0.3, 0.4) is 0 Å². The second-order valence-corrected chi connectivity index (χ2v) is 9.52. The van der Waals surface area contributed by atoms with Crippen LogP contribution in [0, 0.1) is 32.5 Å². The van der Waals surface area contributed by atoms with Gasteiger partial charge in [-0.15, -0.1) is 5.10 Å². The molecule has 0 aliphatic carbocycles. The predicted molar refractivity (Wildman–Crippen MR) is 110 cm³/mol. The summed E-state index contributed by atoms with van der Waals surface area (Å²) in [4.78, 5) is 12.9. The lowest BCUT2D eigenvalue weighted by Crippen LogP contribution is -2.43. The van der Waals surface area contributed by atoms with E-state index in [1.807, 2.05) is 0 Å². The summed E-state index contributed by atoms with van der Waals surface area (Å²) in [7, 11) is -3.84. The van der Waals surface area contributed by atoms with Crippen LogP contribution in [0.2, 0.25) is 0 Å². The van der Waals surface area contributed by atoms with E-state index >= 15 is 0 Å². The van der Waals surface area contributed by atoms with Crippen molar-refractivity contribution >= 4 is 21.6 Å². The van der Waals surface area contributed by atoms with E-state index in [-0.39, 0.29) is 34.5 Å². The molecule has 1 saturated heterocycles. The van der Waals surface area contributed by atoms with E-state index in [2.05, 4.69) is 26.0 Å². The van der Waals surface area contributed by atoms with Crippen LogP contribution >= 0.6 is 0 Å². The Morgan fingerprint density at radius 3 is 2.72 bits per heavy atom. The van der Waals surface area contributed by atoms with Gasteiger partial charge in [0.25, 0.3) is 0 Å². The highest BCUT2D eigenvalue weighted by molar-refractivity contribution is 7.89. The van der Waals surface area contributed by atoms with Crippen LogP contribution in [0.25, 0.3) is 5.69 Å². The Balaban J connectivity index is 1.52. The number of anilines is 1. The van der Waals surface area contributed by atoms with Crippen molar-refractivity contribution in [3.8, 4) is 5.69 Å². The van der Waals surface area contributed by atoms with Gasteiger partial charge in [-0.1, -0.05) is 5.16 Å². The molecule has 11 nitrogen and oxygen atoms in total. The van der Waals surface area contributed by atoms with Crippen molar-refractivity contribution in [2.24, 2.45) is 5.92 Å². The third kappa shape index (κ3) is 4.00. The first-order chi connectivity index (χ1) is 15.2. The molecule has 1 atom stereocenters. The number of tetrazole rings is 1. The van der Waals surface area contributed by atoms with Crippen LogP contribution in [-0.2, 0) is 14.8 Å². The summed E-state index contributed by atoms with van der Waals surface area (Å²) in [5, 5.41) is 17.5. The molecule has 1 amide bonds. The molecular weight excluding hydrogens is 441 g/mol. The lowest BCUT2D eigenvalue weighted by molar-refractivity contribution is -0.120. The van der Waals surface area contributed by atoms with Gasteiger partial charge in [0.1, 0.15) is 22.1 Å². The van der Waals surface area contributed by atoms with Crippen molar-refractivity contribution < 1.29 is 22.1 Å². The van der Waals surface area contributed by atoms with E-state index in [1.54, 1.807) is 20.8 Å². The van der Waals surface area contributed by atoms with Crippen molar-refractivity contribution in [1.82, 2.24) is 29.7 Å². The number of carbonyl (C=O) groups excluding carboxylic acids is 1. The van der Waals surface area contributed by atoms with Crippen molar-refractivity contribution in [2.45, 2.75) is 38.5 Å². The summed E-state index contributed by atoms with van der Waals surface area (Å²) in [6.45, 7) is 5.06. The predicted octanol–water partition coefficient (Wildman–Crippen LogP) is 1.75. The van der Waals surface area contributed by atoms with E-state index in [0.717, 1.165) is 0 Å². The molecule has 1 aliphatic heterocycles. The first-order valence-corrected chi connectivity index (χ1v) is 11.4. The van der Waals surface area contributed by atoms with Crippen molar-refractivity contribution in [3.63, 3.8) is 0 Å². The van der Waals surface area contributed by atoms with Gasteiger partial charge >= 0.3 is 0 Å². The Kier molecular flexibility index (Phi) is 5.77. The number of carbonyl (C=O) groups is 1. The standard InChI is InChI=1S/C19H22FN7O4S/c1-11-18(12(2)31-23-11)32(29,30)26-8-4-5-14(10-26)19(28)21-15-6-7-16(20)17(9-15)27-13(3)22-24-25-27/h6-7,9,14H,4-5,8,10H2,1-3H3,(H,21,28). The topological polar surface area (TPSA) is 136 Å². The average Bonchev–Trinajstić information content (AvgIpc) is 3.34. The van der Waals surface area contributed by atoms with Gasteiger partial charge in [0.05, 0.1) is 5.92 Å². The SMILES string of the molecule is Cc1noc(C)c1S(=O)(=O)N1CCCC(C(=O)Nc2ccc(F)c(-n3nnnc3C)c2)C1. The number of nitrogens with zero attached hydrogens (tertiary/aromatic N) is 6. The minimum Gasteiger partial charge on any atom is -0.360 e. The summed E-state index contributed by atoms with van der Waals surface area (Å²) in [6, 6.07) is 4.07. The van der Waals surface area contributed by atoms with Gasteiger partial charge in [-0.3, -0.25) is 4.79 Å². The molecule has 1 aliphatic rings. The third-order valence-electron chi connectivity index (χ3n) is 5.39. The van der Waals surface area contributed by atoms with Gasteiger partial charge < -0.3 is 9.84 Å². The summed E-state index contributed by atoms with van der Waals surface area (Å²) in [5.74, 6) is -0.865. The normalized spacial score (nSPS) is 17.4. The molecule has 1 N–H and O–H groups in total. The van der Waals surface area contributed by atoms with E-state index in [0.29, 0.717) is 30.9 Å². The van der Waals surface area contributed by atoms with Gasteiger partial charge in [0.2, 0.25) is 15.9 Å². The molecule has 0 saturated carbocycles. The smallest absolute Gasteiger partial charge is 0.248 e. The van der Waals surface area contributed by atoms with Crippen molar-refractivity contribution in [3.05, 3.63) is 41.3 Å². The van der Waals surface area contributed by atoms with Crippen molar-refractivity contribution in [2.75, 3.05) is 18.4 Å². The summed E-state index contributed by atoms with van der Waals surface area (Å²) in [6.07, 6.45) is 1.05. The first kappa shape index (κ1) is 22.0.